The van der Waals surface area contributed by atoms with Crippen LogP contribution in [0.2, 0.25) is 0 Å². The molecular weight excluding hydrogens is 322 g/mol. The van der Waals surface area contributed by atoms with Crippen LogP contribution in [0.25, 0.3) is 5.65 Å². The van der Waals surface area contributed by atoms with Gasteiger partial charge in [-0.15, -0.1) is 0 Å². The Labute approximate surface area is 143 Å². The predicted molar refractivity (Wildman–Crippen MR) is 90.6 cm³/mol. The third kappa shape index (κ3) is 3.89. The highest BCUT2D eigenvalue weighted by molar-refractivity contribution is 5.98. The van der Waals surface area contributed by atoms with Gasteiger partial charge in [-0.2, -0.15) is 0 Å². The van der Waals surface area contributed by atoms with E-state index in [0.29, 0.717) is 16.9 Å². The van der Waals surface area contributed by atoms with Crippen LogP contribution in [0.15, 0.2) is 54.9 Å². The highest BCUT2D eigenvalue weighted by atomic mass is 16.5. The standard InChI is InChI=1S/C18H15N3O4/c1-12(22)13-5-4-6-14(9-13)19-17(23)11-25-18(24)15-10-21-8-3-2-7-16(21)20-15/h2-10H,11H2,1H3,(H,19,23). The molecule has 0 fully saturated rings. The molecule has 7 heteroatoms. The summed E-state index contributed by atoms with van der Waals surface area (Å²) in [7, 11) is 0. The van der Waals surface area contributed by atoms with Gasteiger partial charge in [-0.1, -0.05) is 18.2 Å². The van der Waals surface area contributed by atoms with Crippen LogP contribution < -0.4 is 5.32 Å². The Morgan fingerprint density at radius 1 is 1.16 bits per heavy atom. The van der Waals surface area contributed by atoms with Crippen molar-refractivity contribution in [2.45, 2.75) is 6.92 Å². The number of esters is 1. The summed E-state index contributed by atoms with van der Waals surface area (Å²) in [6.45, 7) is 0.995. The van der Waals surface area contributed by atoms with Crippen LogP contribution >= 0.6 is 0 Å². The van der Waals surface area contributed by atoms with Gasteiger partial charge in [0.15, 0.2) is 18.1 Å². The van der Waals surface area contributed by atoms with E-state index in [1.165, 1.54) is 13.1 Å². The number of Topliss-reactive ketones (excluding diaryl/α,β-unsaturated/α-hetero) is 1. The lowest BCUT2D eigenvalue weighted by atomic mass is 10.1. The van der Waals surface area contributed by atoms with Crippen LogP contribution in [0, 0.1) is 0 Å². The fourth-order valence-corrected chi connectivity index (χ4v) is 2.25. The molecule has 0 unspecified atom stereocenters. The van der Waals surface area contributed by atoms with E-state index in [2.05, 4.69) is 10.3 Å². The number of ether oxygens (including phenoxy) is 1. The topological polar surface area (TPSA) is 89.8 Å². The Morgan fingerprint density at radius 2 is 2.00 bits per heavy atom. The molecule has 3 rings (SSSR count). The minimum atomic E-state index is -0.684. The predicted octanol–water partition coefficient (Wildman–Crippen LogP) is 2.33. The molecular formula is C18H15N3O4. The Bertz CT molecular complexity index is 929. The average molecular weight is 337 g/mol. The first-order valence-electron chi connectivity index (χ1n) is 7.54. The fourth-order valence-electron chi connectivity index (χ4n) is 2.25. The molecule has 0 radical (unpaired) electrons. The van der Waals surface area contributed by atoms with Gasteiger partial charge in [-0.05, 0) is 31.2 Å². The summed E-state index contributed by atoms with van der Waals surface area (Å²) in [6, 6.07) is 11.9. The van der Waals surface area contributed by atoms with Crippen LogP contribution in [0.3, 0.4) is 0 Å². The molecule has 126 valence electrons. The van der Waals surface area contributed by atoms with Crippen molar-refractivity contribution in [1.82, 2.24) is 9.38 Å². The van der Waals surface area contributed by atoms with Crippen LogP contribution in [-0.2, 0) is 9.53 Å². The van der Waals surface area contributed by atoms with Gasteiger partial charge in [0.25, 0.3) is 5.91 Å². The average Bonchev–Trinajstić information content (AvgIpc) is 3.04. The number of aromatic nitrogens is 2. The summed E-state index contributed by atoms with van der Waals surface area (Å²) >= 11 is 0. The van der Waals surface area contributed by atoms with E-state index in [0.717, 1.165) is 0 Å². The molecule has 0 aliphatic heterocycles. The van der Waals surface area contributed by atoms with E-state index < -0.39 is 18.5 Å². The number of anilines is 1. The Kier molecular flexibility index (Phi) is 4.56. The molecule has 0 saturated carbocycles. The van der Waals surface area contributed by atoms with Gasteiger partial charge in [0.05, 0.1) is 0 Å². The summed E-state index contributed by atoms with van der Waals surface area (Å²) < 4.78 is 6.66. The summed E-state index contributed by atoms with van der Waals surface area (Å²) in [6.07, 6.45) is 3.29. The molecule has 0 bridgehead atoms. The van der Waals surface area contributed by atoms with E-state index >= 15 is 0 Å². The van der Waals surface area contributed by atoms with Crippen molar-refractivity contribution in [3.05, 3.63) is 66.1 Å². The van der Waals surface area contributed by atoms with Crippen LogP contribution in [0.1, 0.15) is 27.8 Å². The molecule has 0 spiro atoms. The minimum absolute atomic E-state index is 0.102. The maximum atomic E-state index is 12.0. The SMILES string of the molecule is CC(=O)c1cccc(NC(=O)COC(=O)c2cn3ccccc3n2)c1. The number of fused-ring (bicyclic) bond motifs is 1. The quantitative estimate of drug-likeness (QED) is 0.570. The Hall–Kier alpha value is -3.48. The Morgan fingerprint density at radius 3 is 2.76 bits per heavy atom. The first kappa shape index (κ1) is 16.4. The molecule has 2 aromatic heterocycles. The highest BCUT2D eigenvalue weighted by Crippen LogP contribution is 2.11. The molecule has 0 aliphatic carbocycles. The third-order valence-electron chi connectivity index (χ3n) is 3.46. The molecule has 1 amide bonds. The Balaban J connectivity index is 1.59. The van der Waals surface area contributed by atoms with Crippen LogP contribution in [0.5, 0.6) is 0 Å². The molecule has 0 aliphatic rings. The lowest BCUT2D eigenvalue weighted by Gasteiger charge is -2.06. The minimum Gasteiger partial charge on any atom is -0.451 e. The highest BCUT2D eigenvalue weighted by Gasteiger charge is 2.14. The number of benzene rings is 1. The number of nitrogens with zero attached hydrogens (tertiary/aromatic N) is 2. The molecule has 7 nitrogen and oxygen atoms in total. The summed E-state index contributed by atoms with van der Waals surface area (Å²) in [5.74, 6) is -1.29. The number of hydrogen-bond donors (Lipinski definition) is 1. The third-order valence-corrected chi connectivity index (χ3v) is 3.46. The molecule has 2 heterocycles. The lowest BCUT2D eigenvalue weighted by Crippen LogP contribution is -2.21. The van der Waals surface area contributed by atoms with Crippen molar-refractivity contribution in [2.24, 2.45) is 0 Å². The van der Waals surface area contributed by atoms with Crippen molar-refractivity contribution in [3.63, 3.8) is 0 Å². The molecule has 0 saturated heterocycles. The van der Waals surface area contributed by atoms with Crippen molar-refractivity contribution < 1.29 is 19.1 Å². The number of carbonyl (C=O) groups excluding carboxylic acids is 3. The second-order valence-corrected chi connectivity index (χ2v) is 5.35. The maximum absolute atomic E-state index is 12.0. The normalized spacial score (nSPS) is 10.4. The molecule has 3 aromatic rings. The number of hydrogen-bond acceptors (Lipinski definition) is 5. The van der Waals surface area contributed by atoms with E-state index in [-0.39, 0.29) is 11.5 Å². The zero-order chi connectivity index (χ0) is 17.8. The van der Waals surface area contributed by atoms with Crippen molar-refractivity contribution in [2.75, 3.05) is 11.9 Å². The van der Waals surface area contributed by atoms with Gasteiger partial charge >= 0.3 is 5.97 Å². The zero-order valence-corrected chi connectivity index (χ0v) is 13.4. The number of carbonyl (C=O) groups is 3. The fraction of sp³-hybridized carbons (Fsp3) is 0.111. The molecule has 1 N–H and O–H groups in total. The summed E-state index contributed by atoms with van der Waals surface area (Å²) in [4.78, 5) is 39.4. The number of nitrogens with one attached hydrogen (secondary N) is 1. The van der Waals surface area contributed by atoms with Crippen LogP contribution in [0.4, 0.5) is 5.69 Å². The van der Waals surface area contributed by atoms with E-state index in [4.69, 9.17) is 4.74 Å². The van der Waals surface area contributed by atoms with Crippen molar-refractivity contribution in [3.8, 4) is 0 Å². The maximum Gasteiger partial charge on any atom is 0.359 e. The zero-order valence-electron chi connectivity index (χ0n) is 13.4. The van der Waals surface area contributed by atoms with Gasteiger partial charge < -0.3 is 14.5 Å². The first-order chi connectivity index (χ1) is 12.0. The number of ketones is 1. The van der Waals surface area contributed by atoms with Crippen molar-refractivity contribution >= 4 is 29.0 Å². The molecule has 25 heavy (non-hydrogen) atoms. The number of amides is 1. The van der Waals surface area contributed by atoms with E-state index in [1.54, 1.807) is 47.0 Å². The van der Waals surface area contributed by atoms with Gasteiger partial charge in [0.2, 0.25) is 0 Å². The monoisotopic (exact) mass is 337 g/mol. The lowest BCUT2D eigenvalue weighted by molar-refractivity contribution is -0.119. The van der Waals surface area contributed by atoms with Gasteiger partial charge in [0, 0.05) is 23.6 Å². The molecule has 0 atom stereocenters. The van der Waals surface area contributed by atoms with Crippen LogP contribution in [-0.4, -0.2) is 33.7 Å². The number of pyridine rings is 1. The number of imidazole rings is 1. The number of rotatable bonds is 5. The van der Waals surface area contributed by atoms with E-state index in [9.17, 15) is 14.4 Å². The van der Waals surface area contributed by atoms with Gasteiger partial charge in [-0.3, -0.25) is 9.59 Å². The second kappa shape index (κ2) is 6.96. The largest absolute Gasteiger partial charge is 0.451 e. The smallest absolute Gasteiger partial charge is 0.359 e. The van der Waals surface area contributed by atoms with Crippen molar-refractivity contribution in [1.29, 1.82) is 0 Å². The molecule has 1 aromatic carbocycles. The second-order valence-electron chi connectivity index (χ2n) is 5.35. The summed E-state index contributed by atoms with van der Waals surface area (Å²) in [5, 5.41) is 2.58. The van der Waals surface area contributed by atoms with Gasteiger partial charge in [0.1, 0.15) is 5.65 Å². The summed E-state index contributed by atoms with van der Waals surface area (Å²) in [5.41, 5.74) is 1.68. The van der Waals surface area contributed by atoms with E-state index in [1.807, 2.05) is 6.07 Å². The van der Waals surface area contributed by atoms with Gasteiger partial charge in [-0.25, -0.2) is 9.78 Å². The first-order valence-corrected chi connectivity index (χ1v) is 7.54.